The molecule has 3 heteroatoms. The molecule has 1 N–H and O–H groups in total. The van der Waals surface area contributed by atoms with Crippen LogP contribution in [0.3, 0.4) is 0 Å². The molecular weight excluding hydrogens is 166 g/mol. The number of nitrogens with zero attached hydrogens (tertiary/aromatic N) is 1. The molecule has 1 aromatic rings. The molecule has 1 aliphatic heterocycles. The van der Waals surface area contributed by atoms with E-state index in [1.807, 2.05) is 30.3 Å². The van der Waals surface area contributed by atoms with Gasteiger partial charge in [0.2, 0.25) is 0 Å². The van der Waals surface area contributed by atoms with Gasteiger partial charge in [-0.15, -0.1) is 0 Å². The van der Waals surface area contributed by atoms with Crippen molar-refractivity contribution < 1.29 is 9.94 Å². The Morgan fingerprint density at radius 1 is 1.38 bits per heavy atom. The van der Waals surface area contributed by atoms with Gasteiger partial charge in [-0.3, -0.25) is 0 Å². The van der Waals surface area contributed by atoms with Crippen molar-refractivity contribution in [1.29, 1.82) is 0 Å². The molecule has 1 aromatic carbocycles. The Morgan fingerprint density at radius 2 is 2.15 bits per heavy atom. The first kappa shape index (κ1) is 8.26. The van der Waals surface area contributed by atoms with E-state index in [-0.39, 0.29) is 6.61 Å². The zero-order chi connectivity index (χ0) is 9.15. The highest BCUT2D eigenvalue weighted by atomic mass is 16.7. The predicted molar refractivity (Wildman–Crippen MR) is 49.4 cm³/mol. The topological polar surface area (TPSA) is 41.8 Å². The molecule has 1 heterocycles. The number of aliphatic hydroxyl groups excluding tert-OH is 1. The van der Waals surface area contributed by atoms with E-state index in [4.69, 9.17) is 4.84 Å². The monoisotopic (exact) mass is 177 g/mol. The number of oxime groups is 1. The standard InChI is InChI=1S/C10H11NO2/c12-8-10(6-7-11-13-10)9-4-2-1-3-5-9/h1-5,7,12H,6,8H2/t10-/m0/s1. The first-order valence-electron chi connectivity index (χ1n) is 4.24. The highest BCUT2D eigenvalue weighted by Crippen LogP contribution is 2.31. The Balaban J connectivity index is 2.32. The third kappa shape index (κ3) is 1.31. The van der Waals surface area contributed by atoms with E-state index in [9.17, 15) is 5.11 Å². The first-order chi connectivity index (χ1) is 6.37. The van der Waals surface area contributed by atoms with Crippen LogP contribution in [0.25, 0.3) is 0 Å². The Kier molecular flexibility index (Phi) is 2.02. The van der Waals surface area contributed by atoms with Gasteiger partial charge in [-0.1, -0.05) is 35.5 Å². The highest BCUT2D eigenvalue weighted by molar-refractivity contribution is 5.61. The van der Waals surface area contributed by atoms with Crippen LogP contribution in [0, 0.1) is 0 Å². The molecule has 0 saturated carbocycles. The Bertz CT molecular complexity index is 300. The second kappa shape index (κ2) is 3.18. The molecule has 0 fully saturated rings. The second-order valence-electron chi connectivity index (χ2n) is 3.10. The van der Waals surface area contributed by atoms with E-state index in [0.717, 1.165) is 5.56 Å². The fraction of sp³-hybridized carbons (Fsp3) is 0.300. The van der Waals surface area contributed by atoms with Crippen LogP contribution in [0.4, 0.5) is 0 Å². The van der Waals surface area contributed by atoms with Gasteiger partial charge in [0.25, 0.3) is 0 Å². The third-order valence-electron chi connectivity index (χ3n) is 2.28. The van der Waals surface area contributed by atoms with Crippen LogP contribution in [0.1, 0.15) is 12.0 Å². The summed E-state index contributed by atoms with van der Waals surface area (Å²) in [7, 11) is 0. The van der Waals surface area contributed by atoms with Gasteiger partial charge in [-0.05, 0) is 0 Å². The molecule has 68 valence electrons. The average molecular weight is 177 g/mol. The maximum atomic E-state index is 9.26. The summed E-state index contributed by atoms with van der Waals surface area (Å²) >= 11 is 0. The van der Waals surface area contributed by atoms with E-state index in [1.165, 1.54) is 0 Å². The van der Waals surface area contributed by atoms with Crippen molar-refractivity contribution in [2.75, 3.05) is 6.61 Å². The van der Waals surface area contributed by atoms with Crippen molar-refractivity contribution in [3.05, 3.63) is 35.9 Å². The van der Waals surface area contributed by atoms with Crippen LogP contribution in [0.15, 0.2) is 35.5 Å². The molecule has 1 atom stereocenters. The summed E-state index contributed by atoms with van der Waals surface area (Å²) in [6.45, 7) is -0.0446. The molecule has 2 rings (SSSR count). The average Bonchev–Trinajstić information content (AvgIpc) is 2.69. The fourth-order valence-corrected chi connectivity index (χ4v) is 1.46. The summed E-state index contributed by atoms with van der Waals surface area (Å²) in [6, 6.07) is 9.66. The highest BCUT2D eigenvalue weighted by Gasteiger charge is 2.36. The van der Waals surface area contributed by atoms with E-state index in [1.54, 1.807) is 6.21 Å². The molecule has 0 spiro atoms. The summed E-state index contributed by atoms with van der Waals surface area (Å²) in [5, 5.41) is 13.0. The zero-order valence-electron chi connectivity index (χ0n) is 7.18. The molecule has 1 aliphatic rings. The molecular formula is C10H11NO2. The number of rotatable bonds is 2. The predicted octanol–water partition coefficient (Wildman–Crippen LogP) is 1.28. The number of aliphatic hydroxyl groups is 1. The molecule has 0 saturated heterocycles. The summed E-state index contributed by atoms with van der Waals surface area (Å²) in [4.78, 5) is 5.20. The first-order valence-corrected chi connectivity index (χ1v) is 4.24. The van der Waals surface area contributed by atoms with Gasteiger partial charge in [0.1, 0.15) is 0 Å². The Hall–Kier alpha value is -1.35. The van der Waals surface area contributed by atoms with Crippen LogP contribution in [-0.4, -0.2) is 17.9 Å². The molecule has 0 aromatic heterocycles. The lowest BCUT2D eigenvalue weighted by Crippen LogP contribution is -2.29. The lowest BCUT2D eigenvalue weighted by atomic mass is 9.92. The van der Waals surface area contributed by atoms with E-state index in [0.29, 0.717) is 6.42 Å². The fourth-order valence-electron chi connectivity index (χ4n) is 1.46. The minimum atomic E-state index is -0.638. The number of hydrogen-bond acceptors (Lipinski definition) is 3. The molecule has 0 unspecified atom stereocenters. The van der Waals surface area contributed by atoms with Crippen molar-refractivity contribution in [3.63, 3.8) is 0 Å². The lowest BCUT2D eigenvalue weighted by Gasteiger charge is -2.23. The van der Waals surface area contributed by atoms with Crippen LogP contribution in [0.5, 0.6) is 0 Å². The van der Waals surface area contributed by atoms with Gasteiger partial charge in [-0.25, -0.2) is 0 Å². The molecule has 0 aliphatic carbocycles. The third-order valence-corrected chi connectivity index (χ3v) is 2.28. The number of benzene rings is 1. The van der Waals surface area contributed by atoms with Gasteiger partial charge in [0.05, 0.1) is 6.61 Å². The van der Waals surface area contributed by atoms with Crippen molar-refractivity contribution in [1.82, 2.24) is 0 Å². The summed E-state index contributed by atoms with van der Waals surface area (Å²) in [5.41, 5.74) is 0.330. The van der Waals surface area contributed by atoms with Crippen molar-refractivity contribution >= 4 is 6.21 Å². The van der Waals surface area contributed by atoms with Gasteiger partial charge >= 0.3 is 0 Å². The normalized spacial score (nSPS) is 25.9. The lowest BCUT2D eigenvalue weighted by molar-refractivity contribution is -0.0620. The van der Waals surface area contributed by atoms with Gasteiger partial charge in [0.15, 0.2) is 5.60 Å². The molecule has 13 heavy (non-hydrogen) atoms. The van der Waals surface area contributed by atoms with Crippen LogP contribution in [0.2, 0.25) is 0 Å². The molecule has 0 radical (unpaired) electrons. The van der Waals surface area contributed by atoms with Crippen LogP contribution in [-0.2, 0) is 10.4 Å². The Morgan fingerprint density at radius 3 is 2.69 bits per heavy atom. The largest absolute Gasteiger partial charge is 0.392 e. The summed E-state index contributed by atoms with van der Waals surface area (Å²) in [6.07, 6.45) is 2.32. The molecule has 0 amide bonds. The summed E-state index contributed by atoms with van der Waals surface area (Å²) < 4.78 is 0. The van der Waals surface area contributed by atoms with E-state index < -0.39 is 5.60 Å². The smallest absolute Gasteiger partial charge is 0.190 e. The van der Waals surface area contributed by atoms with Crippen molar-refractivity contribution in [3.8, 4) is 0 Å². The zero-order valence-corrected chi connectivity index (χ0v) is 7.18. The molecule has 3 nitrogen and oxygen atoms in total. The van der Waals surface area contributed by atoms with Gasteiger partial charge in [0, 0.05) is 18.2 Å². The van der Waals surface area contributed by atoms with Gasteiger partial charge < -0.3 is 9.94 Å². The van der Waals surface area contributed by atoms with E-state index >= 15 is 0 Å². The van der Waals surface area contributed by atoms with Crippen molar-refractivity contribution in [2.24, 2.45) is 5.16 Å². The minimum Gasteiger partial charge on any atom is -0.392 e. The second-order valence-corrected chi connectivity index (χ2v) is 3.10. The van der Waals surface area contributed by atoms with Crippen LogP contribution < -0.4 is 0 Å². The quantitative estimate of drug-likeness (QED) is 0.739. The Labute approximate surface area is 76.6 Å². The van der Waals surface area contributed by atoms with Crippen molar-refractivity contribution in [2.45, 2.75) is 12.0 Å². The minimum absolute atomic E-state index is 0.0446. The van der Waals surface area contributed by atoms with Gasteiger partial charge in [-0.2, -0.15) is 0 Å². The molecule has 0 bridgehead atoms. The van der Waals surface area contributed by atoms with E-state index in [2.05, 4.69) is 5.16 Å². The maximum Gasteiger partial charge on any atom is 0.190 e. The SMILES string of the molecule is OC[C@]1(c2ccccc2)CC=NO1. The summed E-state index contributed by atoms with van der Waals surface area (Å²) in [5.74, 6) is 0. The van der Waals surface area contributed by atoms with Crippen LogP contribution >= 0.6 is 0 Å². The number of hydrogen-bond donors (Lipinski definition) is 1. The maximum absolute atomic E-state index is 9.26.